The van der Waals surface area contributed by atoms with Crippen molar-refractivity contribution in [2.75, 3.05) is 38.1 Å². The number of likely N-dealkylation sites (tertiary alicyclic amines) is 1. The van der Waals surface area contributed by atoms with Gasteiger partial charge < -0.3 is 15.0 Å². The summed E-state index contributed by atoms with van der Waals surface area (Å²) in [4.78, 5) is 26.7. The lowest BCUT2D eigenvalue weighted by atomic mass is 10.2. The predicted octanol–water partition coefficient (Wildman–Crippen LogP) is 3.04. The molecule has 1 fully saturated rings. The van der Waals surface area contributed by atoms with Crippen LogP contribution in [0.5, 0.6) is 5.75 Å². The third-order valence-electron chi connectivity index (χ3n) is 5.78. The molecular weight excluding hydrogens is 442 g/mol. The fourth-order valence-electron chi connectivity index (χ4n) is 3.82. The van der Waals surface area contributed by atoms with Crippen LogP contribution in [0.4, 0.5) is 5.69 Å². The molecule has 9 heteroatoms. The standard InChI is InChI=1S/C24H31N3O5S/c1-26(21-9-5-6-10-22(21)32-2)33(30,31)20-13-11-19(12-14-20)24(29)25-16-15-23(28)27-17-7-3-4-8-18-27/h5-6,9-14H,3-4,7-8,15-18H2,1-2H3,(H,25,29). The Balaban J connectivity index is 1.59. The largest absolute Gasteiger partial charge is 0.495 e. The van der Waals surface area contributed by atoms with E-state index >= 15 is 0 Å². The number of sulfonamides is 1. The predicted molar refractivity (Wildman–Crippen MR) is 127 cm³/mol. The van der Waals surface area contributed by atoms with E-state index in [1.165, 1.54) is 38.4 Å². The summed E-state index contributed by atoms with van der Waals surface area (Å²) in [6.07, 6.45) is 4.61. The van der Waals surface area contributed by atoms with E-state index in [1.54, 1.807) is 24.3 Å². The zero-order valence-corrected chi connectivity index (χ0v) is 19.9. The first kappa shape index (κ1) is 24.6. The SMILES string of the molecule is COc1ccccc1N(C)S(=O)(=O)c1ccc(C(=O)NCCC(=O)N2CCCCCC2)cc1. The molecule has 0 aliphatic carbocycles. The minimum absolute atomic E-state index is 0.0537. The molecule has 2 amide bonds. The molecular formula is C24H31N3O5S. The number of ether oxygens (including phenoxy) is 1. The van der Waals surface area contributed by atoms with E-state index in [-0.39, 0.29) is 29.7 Å². The zero-order valence-electron chi connectivity index (χ0n) is 19.1. The van der Waals surface area contributed by atoms with Gasteiger partial charge in [-0.05, 0) is 49.2 Å². The lowest BCUT2D eigenvalue weighted by Crippen LogP contribution is -2.35. The molecule has 2 aromatic carbocycles. The van der Waals surface area contributed by atoms with Crippen LogP contribution in [0.3, 0.4) is 0 Å². The average molecular weight is 474 g/mol. The van der Waals surface area contributed by atoms with E-state index in [1.807, 2.05) is 4.90 Å². The summed E-state index contributed by atoms with van der Waals surface area (Å²) in [5, 5.41) is 2.74. The first-order chi connectivity index (χ1) is 15.8. The van der Waals surface area contributed by atoms with Gasteiger partial charge in [-0.3, -0.25) is 13.9 Å². The summed E-state index contributed by atoms with van der Waals surface area (Å²) in [6, 6.07) is 12.6. The Kier molecular flexibility index (Phi) is 8.32. The zero-order chi connectivity index (χ0) is 23.8. The number of hydrogen-bond donors (Lipinski definition) is 1. The number of amides is 2. The van der Waals surface area contributed by atoms with Crippen molar-refractivity contribution < 1.29 is 22.7 Å². The Labute approximate surface area is 195 Å². The van der Waals surface area contributed by atoms with Crippen LogP contribution in [0.15, 0.2) is 53.4 Å². The molecule has 33 heavy (non-hydrogen) atoms. The number of carbonyl (C=O) groups is 2. The van der Waals surface area contributed by atoms with Crippen molar-refractivity contribution in [2.45, 2.75) is 37.0 Å². The third kappa shape index (κ3) is 6.04. The van der Waals surface area contributed by atoms with Gasteiger partial charge in [0.1, 0.15) is 5.75 Å². The molecule has 1 heterocycles. The molecule has 0 atom stereocenters. The molecule has 0 radical (unpaired) electrons. The number of nitrogens with one attached hydrogen (secondary N) is 1. The second-order valence-electron chi connectivity index (χ2n) is 7.97. The van der Waals surface area contributed by atoms with Gasteiger partial charge in [0.25, 0.3) is 15.9 Å². The summed E-state index contributed by atoms with van der Waals surface area (Å²) in [5.74, 6) is 0.146. The van der Waals surface area contributed by atoms with Gasteiger partial charge in [-0.15, -0.1) is 0 Å². The van der Waals surface area contributed by atoms with Crippen molar-refractivity contribution in [2.24, 2.45) is 0 Å². The van der Waals surface area contributed by atoms with Gasteiger partial charge in [-0.1, -0.05) is 25.0 Å². The van der Waals surface area contributed by atoms with E-state index in [9.17, 15) is 18.0 Å². The molecule has 8 nitrogen and oxygen atoms in total. The van der Waals surface area contributed by atoms with Crippen LogP contribution in [0.2, 0.25) is 0 Å². The molecule has 0 bridgehead atoms. The number of rotatable bonds is 8. The van der Waals surface area contributed by atoms with Gasteiger partial charge in [0, 0.05) is 38.7 Å². The molecule has 0 spiro atoms. The Morgan fingerprint density at radius 1 is 1.00 bits per heavy atom. The summed E-state index contributed by atoms with van der Waals surface area (Å²) in [5.41, 5.74) is 0.743. The highest BCUT2D eigenvalue weighted by Gasteiger charge is 2.24. The van der Waals surface area contributed by atoms with Crippen LogP contribution in [-0.2, 0) is 14.8 Å². The maximum Gasteiger partial charge on any atom is 0.264 e. The minimum atomic E-state index is -3.84. The van der Waals surface area contributed by atoms with Crippen LogP contribution < -0.4 is 14.4 Å². The number of anilines is 1. The molecule has 1 saturated heterocycles. The molecule has 1 N–H and O–H groups in total. The van der Waals surface area contributed by atoms with Gasteiger partial charge in [0.15, 0.2) is 0 Å². The molecule has 2 aromatic rings. The Morgan fingerprint density at radius 2 is 1.64 bits per heavy atom. The van der Waals surface area contributed by atoms with Crippen molar-refractivity contribution in [3.05, 3.63) is 54.1 Å². The fourth-order valence-corrected chi connectivity index (χ4v) is 5.03. The van der Waals surface area contributed by atoms with Crippen molar-refractivity contribution in [3.63, 3.8) is 0 Å². The van der Waals surface area contributed by atoms with E-state index in [0.717, 1.165) is 43.1 Å². The number of carbonyl (C=O) groups excluding carboxylic acids is 2. The molecule has 3 rings (SSSR count). The molecule has 178 valence electrons. The van der Waals surface area contributed by atoms with E-state index in [2.05, 4.69) is 5.32 Å². The van der Waals surface area contributed by atoms with E-state index < -0.39 is 10.0 Å². The molecule has 1 aliphatic rings. The molecule has 1 aliphatic heterocycles. The second-order valence-corrected chi connectivity index (χ2v) is 9.94. The van der Waals surface area contributed by atoms with Gasteiger partial charge >= 0.3 is 0 Å². The lowest BCUT2D eigenvalue weighted by molar-refractivity contribution is -0.131. The quantitative estimate of drug-likeness (QED) is 0.636. The highest BCUT2D eigenvalue weighted by molar-refractivity contribution is 7.92. The van der Waals surface area contributed by atoms with Crippen molar-refractivity contribution in [1.29, 1.82) is 0 Å². The maximum atomic E-state index is 13.0. The van der Waals surface area contributed by atoms with Crippen LogP contribution in [-0.4, -0.2) is 58.9 Å². The third-order valence-corrected chi connectivity index (χ3v) is 7.57. The van der Waals surface area contributed by atoms with E-state index in [4.69, 9.17) is 4.74 Å². The summed E-state index contributed by atoms with van der Waals surface area (Å²) >= 11 is 0. The Hall–Kier alpha value is -3.07. The van der Waals surface area contributed by atoms with Crippen molar-refractivity contribution in [3.8, 4) is 5.75 Å². The summed E-state index contributed by atoms with van der Waals surface area (Å²) in [6.45, 7) is 1.81. The van der Waals surface area contributed by atoms with Crippen molar-refractivity contribution in [1.82, 2.24) is 10.2 Å². The fraction of sp³-hybridized carbons (Fsp3) is 0.417. The highest BCUT2D eigenvalue weighted by Crippen LogP contribution is 2.30. The number of para-hydroxylation sites is 2. The Bertz CT molecular complexity index is 1060. The average Bonchev–Trinajstić information content (AvgIpc) is 3.13. The summed E-state index contributed by atoms with van der Waals surface area (Å²) < 4.78 is 32.5. The van der Waals surface area contributed by atoms with Crippen LogP contribution >= 0.6 is 0 Å². The number of methoxy groups -OCH3 is 1. The van der Waals surface area contributed by atoms with Gasteiger partial charge in [0.2, 0.25) is 5.91 Å². The normalized spacial score (nSPS) is 14.3. The van der Waals surface area contributed by atoms with Crippen LogP contribution in [0, 0.1) is 0 Å². The second kappa shape index (κ2) is 11.2. The number of hydrogen-bond acceptors (Lipinski definition) is 5. The van der Waals surface area contributed by atoms with Crippen molar-refractivity contribution >= 4 is 27.5 Å². The molecule has 0 unspecified atom stereocenters. The number of benzene rings is 2. The first-order valence-corrected chi connectivity index (χ1v) is 12.6. The Morgan fingerprint density at radius 3 is 2.27 bits per heavy atom. The first-order valence-electron chi connectivity index (χ1n) is 11.1. The topological polar surface area (TPSA) is 96.0 Å². The number of nitrogens with zero attached hydrogens (tertiary/aromatic N) is 2. The van der Waals surface area contributed by atoms with Crippen LogP contribution in [0.25, 0.3) is 0 Å². The molecule has 0 aromatic heterocycles. The van der Waals surface area contributed by atoms with Crippen LogP contribution in [0.1, 0.15) is 42.5 Å². The smallest absolute Gasteiger partial charge is 0.264 e. The monoisotopic (exact) mass is 473 g/mol. The summed E-state index contributed by atoms with van der Waals surface area (Å²) in [7, 11) is -0.905. The maximum absolute atomic E-state index is 13.0. The van der Waals surface area contributed by atoms with Gasteiger partial charge in [0.05, 0.1) is 17.7 Å². The lowest BCUT2D eigenvalue weighted by Gasteiger charge is -2.21. The highest BCUT2D eigenvalue weighted by atomic mass is 32.2. The minimum Gasteiger partial charge on any atom is -0.495 e. The van der Waals surface area contributed by atoms with Gasteiger partial charge in [-0.25, -0.2) is 8.42 Å². The molecule has 0 saturated carbocycles. The van der Waals surface area contributed by atoms with Gasteiger partial charge in [-0.2, -0.15) is 0 Å². The van der Waals surface area contributed by atoms with E-state index in [0.29, 0.717) is 17.0 Å².